The van der Waals surface area contributed by atoms with E-state index in [1.807, 2.05) is 47.0 Å². The topological polar surface area (TPSA) is 79.0 Å². The predicted octanol–water partition coefficient (Wildman–Crippen LogP) is 5.25. The molecule has 34 heavy (non-hydrogen) atoms. The summed E-state index contributed by atoms with van der Waals surface area (Å²) >= 11 is 1.57. The molecule has 0 saturated heterocycles. The third kappa shape index (κ3) is 3.76. The fourth-order valence-electron chi connectivity index (χ4n) is 3.86. The molecule has 0 unspecified atom stereocenters. The van der Waals surface area contributed by atoms with Gasteiger partial charge in [0.15, 0.2) is 11.0 Å². The zero-order valence-electron chi connectivity index (χ0n) is 18.6. The maximum absolute atomic E-state index is 13.5. The van der Waals surface area contributed by atoms with Gasteiger partial charge in [-0.3, -0.25) is 4.57 Å². The van der Waals surface area contributed by atoms with Gasteiger partial charge in [0.25, 0.3) is 10.0 Å². The average molecular weight is 491 g/mol. The molecule has 0 bridgehead atoms. The highest BCUT2D eigenvalue weighted by Crippen LogP contribution is 2.35. The molecule has 0 atom stereocenters. The molecular weight excluding hydrogens is 468 g/mol. The number of ether oxygens (including phenoxy) is 1. The lowest BCUT2D eigenvalue weighted by atomic mass is 10.1. The Labute approximate surface area is 202 Å². The Balaban J connectivity index is 1.75. The smallest absolute Gasteiger partial charge is 0.268 e. The molecule has 9 heteroatoms. The van der Waals surface area contributed by atoms with Crippen LogP contribution < -0.4 is 4.74 Å². The first-order valence-electron chi connectivity index (χ1n) is 10.7. The van der Waals surface area contributed by atoms with Crippen molar-refractivity contribution in [3.8, 4) is 22.8 Å². The Morgan fingerprint density at radius 3 is 2.32 bits per heavy atom. The van der Waals surface area contributed by atoms with Crippen molar-refractivity contribution in [2.24, 2.45) is 0 Å². The SMILES string of the molecule is CCSc1nnc(-c2cn(S(=O)(=O)c3ccccc3)c3ccccc23)n1-c1ccc(OC)cc1. The van der Waals surface area contributed by atoms with Gasteiger partial charge in [-0.1, -0.05) is 55.1 Å². The number of hydrogen-bond donors (Lipinski definition) is 0. The second kappa shape index (κ2) is 9.00. The average Bonchev–Trinajstić information content (AvgIpc) is 3.47. The molecule has 0 saturated carbocycles. The van der Waals surface area contributed by atoms with Crippen LogP contribution in [0.4, 0.5) is 0 Å². The number of nitrogens with zero attached hydrogens (tertiary/aromatic N) is 4. The van der Waals surface area contributed by atoms with Crippen molar-refractivity contribution in [3.63, 3.8) is 0 Å². The van der Waals surface area contributed by atoms with Gasteiger partial charge in [-0.25, -0.2) is 12.4 Å². The number of thioether (sulfide) groups is 1. The zero-order valence-corrected chi connectivity index (χ0v) is 20.3. The van der Waals surface area contributed by atoms with E-state index in [-0.39, 0.29) is 4.90 Å². The van der Waals surface area contributed by atoms with Crippen LogP contribution in [-0.4, -0.2) is 40.0 Å². The highest BCUT2D eigenvalue weighted by Gasteiger charge is 2.25. The van der Waals surface area contributed by atoms with Crippen LogP contribution in [0.5, 0.6) is 5.75 Å². The molecule has 0 radical (unpaired) electrons. The molecular formula is C25H22N4O3S2. The Morgan fingerprint density at radius 2 is 1.62 bits per heavy atom. The van der Waals surface area contributed by atoms with Gasteiger partial charge in [-0.2, -0.15) is 0 Å². The summed E-state index contributed by atoms with van der Waals surface area (Å²) in [6.07, 6.45) is 1.64. The first-order chi connectivity index (χ1) is 16.5. The fraction of sp³-hybridized carbons (Fsp3) is 0.120. The number of hydrogen-bond acceptors (Lipinski definition) is 6. The lowest BCUT2D eigenvalue weighted by Crippen LogP contribution is -2.11. The summed E-state index contributed by atoms with van der Waals surface area (Å²) in [4.78, 5) is 0.223. The lowest BCUT2D eigenvalue weighted by Gasteiger charge is -2.10. The van der Waals surface area contributed by atoms with Crippen molar-refractivity contribution in [1.29, 1.82) is 0 Å². The summed E-state index contributed by atoms with van der Waals surface area (Å²) in [6.45, 7) is 2.05. The Hall–Kier alpha value is -3.56. The highest BCUT2D eigenvalue weighted by atomic mass is 32.2. The zero-order chi connectivity index (χ0) is 23.7. The summed E-state index contributed by atoms with van der Waals surface area (Å²) < 4.78 is 35.6. The van der Waals surface area contributed by atoms with Crippen LogP contribution in [0.15, 0.2) is 95.1 Å². The van der Waals surface area contributed by atoms with E-state index >= 15 is 0 Å². The van der Waals surface area contributed by atoms with Crippen LogP contribution in [0, 0.1) is 0 Å². The van der Waals surface area contributed by atoms with E-state index in [1.54, 1.807) is 61.5 Å². The van der Waals surface area contributed by atoms with E-state index in [0.29, 0.717) is 16.9 Å². The molecule has 5 aromatic rings. The second-order valence-electron chi connectivity index (χ2n) is 7.45. The fourth-order valence-corrected chi connectivity index (χ4v) is 5.93. The van der Waals surface area contributed by atoms with Crippen LogP contribution >= 0.6 is 11.8 Å². The summed E-state index contributed by atoms with van der Waals surface area (Å²) in [6, 6.07) is 23.5. The van der Waals surface area contributed by atoms with Crippen LogP contribution in [0.2, 0.25) is 0 Å². The van der Waals surface area contributed by atoms with Gasteiger partial charge in [0, 0.05) is 22.8 Å². The second-order valence-corrected chi connectivity index (χ2v) is 10.5. The van der Waals surface area contributed by atoms with Crippen molar-refractivity contribution in [1.82, 2.24) is 18.7 Å². The summed E-state index contributed by atoms with van der Waals surface area (Å²) in [5, 5.41) is 10.4. The number of fused-ring (bicyclic) bond motifs is 1. The van der Waals surface area contributed by atoms with E-state index in [2.05, 4.69) is 17.1 Å². The molecule has 7 nitrogen and oxygen atoms in total. The molecule has 2 aromatic heterocycles. The molecule has 0 aliphatic heterocycles. The number of benzene rings is 3. The van der Waals surface area contributed by atoms with Crippen LogP contribution in [0.3, 0.4) is 0 Å². The van der Waals surface area contributed by atoms with Gasteiger partial charge in [0.05, 0.1) is 17.5 Å². The van der Waals surface area contributed by atoms with Gasteiger partial charge in [0.1, 0.15) is 5.75 Å². The Bertz CT molecular complexity index is 1560. The van der Waals surface area contributed by atoms with Crippen molar-refractivity contribution >= 4 is 32.7 Å². The summed E-state index contributed by atoms with van der Waals surface area (Å²) in [7, 11) is -2.18. The summed E-state index contributed by atoms with van der Waals surface area (Å²) in [5.41, 5.74) is 2.12. The number of para-hydroxylation sites is 1. The van der Waals surface area contributed by atoms with E-state index in [4.69, 9.17) is 4.74 Å². The molecule has 0 aliphatic rings. The largest absolute Gasteiger partial charge is 0.497 e. The third-order valence-corrected chi connectivity index (χ3v) is 7.96. The van der Waals surface area contributed by atoms with Gasteiger partial charge in [0.2, 0.25) is 0 Å². The number of methoxy groups -OCH3 is 1. The van der Waals surface area contributed by atoms with Gasteiger partial charge in [-0.05, 0) is 48.2 Å². The lowest BCUT2D eigenvalue weighted by molar-refractivity contribution is 0.414. The predicted molar refractivity (Wildman–Crippen MR) is 134 cm³/mol. The maximum Gasteiger partial charge on any atom is 0.268 e. The van der Waals surface area contributed by atoms with Crippen LogP contribution in [0.1, 0.15) is 6.92 Å². The molecule has 2 heterocycles. The molecule has 0 aliphatic carbocycles. The van der Waals surface area contributed by atoms with E-state index < -0.39 is 10.0 Å². The molecule has 3 aromatic carbocycles. The normalized spacial score (nSPS) is 11.7. The van der Waals surface area contributed by atoms with E-state index in [1.165, 1.54) is 3.97 Å². The van der Waals surface area contributed by atoms with Crippen molar-refractivity contribution < 1.29 is 13.2 Å². The standard InChI is InChI=1S/C25H22N4O3S2/c1-3-33-25-27-26-24(29(25)18-13-15-19(32-2)16-14-18)22-17-28(23-12-8-7-11-21(22)23)34(30,31)20-9-5-4-6-10-20/h4-17H,3H2,1-2H3. The first-order valence-corrected chi connectivity index (χ1v) is 13.1. The highest BCUT2D eigenvalue weighted by molar-refractivity contribution is 7.99. The summed E-state index contributed by atoms with van der Waals surface area (Å²) in [5.74, 6) is 2.13. The minimum absolute atomic E-state index is 0.223. The minimum atomic E-state index is -3.81. The van der Waals surface area contributed by atoms with Crippen molar-refractivity contribution in [2.45, 2.75) is 17.0 Å². The quantitative estimate of drug-likeness (QED) is 0.290. The van der Waals surface area contributed by atoms with Crippen LogP contribution in [0.25, 0.3) is 28.0 Å². The molecule has 5 rings (SSSR count). The molecule has 172 valence electrons. The minimum Gasteiger partial charge on any atom is -0.497 e. The first kappa shape index (κ1) is 22.2. The Morgan fingerprint density at radius 1 is 0.912 bits per heavy atom. The number of rotatable bonds is 7. The van der Waals surface area contributed by atoms with Gasteiger partial charge < -0.3 is 4.74 Å². The monoisotopic (exact) mass is 490 g/mol. The van der Waals surface area contributed by atoms with E-state index in [9.17, 15) is 8.42 Å². The van der Waals surface area contributed by atoms with Gasteiger partial charge in [-0.15, -0.1) is 10.2 Å². The Kier molecular flexibility index (Phi) is 5.89. The number of aromatic nitrogens is 4. The van der Waals surface area contributed by atoms with Crippen molar-refractivity contribution in [3.05, 3.63) is 85.1 Å². The maximum atomic E-state index is 13.5. The van der Waals surface area contributed by atoms with Crippen molar-refractivity contribution in [2.75, 3.05) is 12.9 Å². The molecule has 0 fully saturated rings. The molecule has 0 N–H and O–H groups in total. The van der Waals surface area contributed by atoms with E-state index in [0.717, 1.165) is 27.7 Å². The van der Waals surface area contributed by atoms with Gasteiger partial charge >= 0.3 is 0 Å². The molecule has 0 spiro atoms. The van der Waals surface area contributed by atoms with Crippen LogP contribution in [-0.2, 0) is 10.0 Å². The third-order valence-electron chi connectivity index (χ3n) is 5.46. The molecule has 0 amide bonds.